The Morgan fingerprint density at radius 2 is 1.93 bits per heavy atom. The van der Waals surface area contributed by atoms with E-state index in [1.54, 1.807) is 0 Å². The summed E-state index contributed by atoms with van der Waals surface area (Å²) in [5.74, 6) is 1.44. The molecule has 0 bridgehead atoms. The van der Waals surface area contributed by atoms with Crippen molar-refractivity contribution in [1.29, 1.82) is 0 Å². The lowest BCUT2D eigenvalue weighted by molar-refractivity contribution is 0.187. The number of nitrogens with zero attached hydrogens (tertiary/aromatic N) is 2. The molecule has 0 saturated carbocycles. The molecule has 1 saturated heterocycles. The number of nitrogens with one attached hydrogen (secondary N) is 2. The molecule has 2 unspecified atom stereocenters. The number of piperidine rings is 1. The fourth-order valence-corrected chi connectivity index (χ4v) is 3.51. The molecule has 0 aromatic heterocycles. The van der Waals surface area contributed by atoms with Crippen LogP contribution >= 0.6 is 24.0 Å². The van der Waals surface area contributed by atoms with E-state index in [1.807, 2.05) is 12.1 Å². The lowest BCUT2D eigenvalue weighted by Crippen LogP contribution is -2.43. The fourth-order valence-electron chi connectivity index (χ4n) is 3.51. The van der Waals surface area contributed by atoms with Gasteiger partial charge in [0.1, 0.15) is 0 Å². The molecule has 1 fully saturated rings. The molecule has 2 rings (SSSR count). The number of benzene rings is 1. The number of likely N-dealkylation sites (tertiary alicyclic amines) is 1. The summed E-state index contributed by atoms with van der Waals surface area (Å²) in [6.45, 7) is 13.1. The summed E-state index contributed by atoms with van der Waals surface area (Å²) in [5, 5.41) is 17.2. The van der Waals surface area contributed by atoms with E-state index in [9.17, 15) is 5.11 Å². The molecule has 0 radical (unpaired) electrons. The normalized spacial score (nSPS) is 19.6. The zero-order valence-corrected chi connectivity index (χ0v) is 20.5. The van der Waals surface area contributed by atoms with Crippen molar-refractivity contribution >= 4 is 29.9 Å². The van der Waals surface area contributed by atoms with Crippen LogP contribution in [-0.4, -0.2) is 55.7 Å². The summed E-state index contributed by atoms with van der Waals surface area (Å²) in [7, 11) is 2.19. The number of aliphatic imine (C=N–C) groups is 1. The Morgan fingerprint density at radius 3 is 2.50 bits per heavy atom. The summed E-state index contributed by atoms with van der Waals surface area (Å²) < 4.78 is 0. The van der Waals surface area contributed by atoms with E-state index in [4.69, 9.17) is 0 Å². The van der Waals surface area contributed by atoms with E-state index in [0.29, 0.717) is 12.5 Å². The summed E-state index contributed by atoms with van der Waals surface area (Å²) >= 11 is 0. The monoisotopic (exact) mass is 502 g/mol. The number of aliphatic hydroxyl groups excluding tert-OH is 1. The predicted molar refractivity (Wildman–Crippen MR) is 130 cm³/mol. The second kappa shape index (κ2) is 12.0. The molecule has 3 N–H and O–H groups in total. The molecule has 5 nitrogen and oxygen atoms in total. The number of rotatable bonds is 6. The van der Waals surface area contributed by atoms with E-state index in [2.05, 4.69) is 67.4 Å². The first-order valence-electron chi connectivity index (χ1n) is 10.3. The van der Waals surface area contributed by atoms with Crippen molar-refractivity contribution in [3.05, 3.63) is 35.4 Å². The highest BCUT2D eigenvalue weighted by Crippen LogP contribution is 2.24. The Hall–Kier alpha value is -0.860. The Morgan fingerprint density at radius 1 is 1.25 bits per heavy atom. The smallest absolute Gasteiger partial charge is 0.191 e. The number of aliphatic hydroxyl groups is 1. The van der Waals surface area contributed by atoms with Crippen LogP contribution < -0.4 is 10.6 Å². The average Bonchev–Trinajstić information content (AvgIpc) is 2.63. The second-order valence-electron chi connectivity index (χ2n) is 8.76. The number of hydrogen-bond donors (Lipinski definition) is 3. The van der Waals surface area contributed by atoms with Crippen LogP contribution in [0.2, 0.25) is 0 Å². The molecule has 2 atom stereocenters. The Bertz CT molecular complexity index is 598. The quantitative estimate of drug-likeness (QED) is 0.317. The maximum absolute atomic E-state index is 10.5. The van der Waals surface area contributed by atoms with Crippen molar-refractivity contribution in [2.45, 2.75) is 52.1 Å². The number of guanidine groups is 1. The van der Waals surface area contributed by atoms with Gasteiger partial charge in [0, 0.05) is 19.6 Å². The van der Waals surface area contributed by atoms with Crippen LogP contribution in [0.4, 0.5) is 0 Å². The summed E-state index contributed by atoms with van der Waals surface area (Å²) in [6, 6.07) is 8.23. The van der Waals surface area contributed by atoms with E-state index < -0.39 is 6.10 Å². The maximum Gasteiger partial charge on any atom is 0.191 e. The van der Waals surface area contributed by atoms with Gasteiger partial charge < -0.3 is 20.6 Å². The summed E-state index contributed by atoms with van der Waals surface area (Å²) in [6.07, 6.45) is 1.94. The highest BCUT2D eigenvalue weighted by molar-refractivity contribution is 14.0. The number of halogens is 1. The third-order valence-corrected chi connectivity index (χ3v) is 5.21. The molecule has 28 heavy (non-hydrogen) atoms. The van der Waals surface area contributed by atoms with Crippen molar-refractivity contribution in [2.24, 2.45) is 10.9 Å². The van der Waals surface area contributed by atoms with Gasteiger partial charge >= 0.3 is 0 Å². The first-order valence-corrected chi connectivity index (χ1v) is 10.3. The molecular formula is C22H39IN4O. The van der Waals surface area contributed by atoms with Crippen molar-refractivity contribution < 1.29 is 5.11 Å². The molecule has 1 aliphatic heterocycles. The maximum atomic E-state index is 10.5. The van der Waals surface area contributed by atoms with Gasteiger partial charge in [-0.1, -0.05) is 45.0 Å². The standard InChI is InChI=1S/C22H38N4O.HI/c1-6-23-21(24-14-17-8-7-13-26(5)16-17)25-15-20(27)18-9-11-19(12-10-18)22(2,3)4;/h9-12,17,20,27H,6-8,13-16H2,1-5H3,(H2,23,24,25);1H. The van der Waals surface area contributed by atoms with Crippen LogP contribution in [0.15, 0.2) is 29.3 Å². The van der Waals surface area contributed by atoms with Gasteiger partial charge in [-0.3, -0.25) is 4.99 Å². The highest BCUT2D eigenvalue weighted by atomic mass is 127. The van der Waals surface area contributed by atoms with Crippen LogP contribution in [0.25, 0.3) is 0 Å². The van der Waals surface area contributed by atoms with Crippen LogP contribution in [0.1, 0.15) is 57.8 Å². The van der Waals surface area contributed by atoms with E-state index in [-0.39, 0.29) is 29.4 Å². The Kier molecular flexibility index (Phi) is 10.8. The SMILES string of the molecule is CCNC(=NCC(O)c1ccc(C(C)(C)C)cc1)NCC1CCCN(C)C1.I. The Balaban J connectivity index is 0.00000392. The van der Waals surface area contributed by atoms with Gasteiger partial charge in [0.2, 0.25) is 0 Å². The lowest BCUT2D eigenvalue weighted by Gasteiger charge is -2.30. The van der Waals surface area contributed by atoms with Crippen molar-refractivity contribution in [3.63, 3.8) is 0 Å². The fraction of sp³-hybridized carbons (Fsp3) is 0.682. The van der Waals surface area contributed by atoms with Crippen LogP contribution in [0.3, 0.4) is 0 Å². The van der Waals surface area contributed by atoms with Crippen LogP contribution in [0.5, 0.6) is 0 Å². The van der Waals surface area contributed by atoms with Crippen LogP contribution in [0, 0.1) is 5.92 Å². The minimum Gasteiger partial charge on any atom is -0.386 e. The lowest BCUT2D eigenvalue weighted by atomic mass is 9.86. The molecule has 0 spiro atoms. The van der Waals surface area contributed by atoms with Crippen LogP contribution in [-0.2, 0) is 5.41 Å². The summed E-state index contributed by atoms with van der Waals surface area (Å²) in [5.41, 5.74) is 2.31. The number of hydrogen-bond acceptors (Lipinski definition) is 3. The third-order valence-electron chi connectivity index (χ3n) is 5.21. The molecule has 0 aliphatic carbocycles. The van der Waals surface area contributed by atoms with Crippen molar-refractivity contribution in [1.82, 2.24) is 15.5 Å². The molecule has 1 heterocycles. The molecule has 1 aromatic carbocycles. The largest absolute Gasteiger partial charge is 0.386 e. The zero-order chi connectivity index (χ0) is 19.9. The van der Waals surface area contributed by atoms with Gasteiger partial charge in [-0.05, 0) is 55.8 Å². The van der Waals surface area contributed by atoms with Gasteiger partial charge in [-0.25, -0.2) is 0 Å². The van der Waals surface area contributed by atoms with Gasteiger partial charge in [0.05, 0.1) is 12.6 Å². The van der Waals surface area contributed by atoms with Gasteiger partial charge in [0.15, 0.2) is 5.96 Å². The third kappa shape index (κ3) is 8.25. The van der Waals surface area contributed by atoms with E-state index in [0.717, 1.165) is 31.2 Å². The highest BCUT2D eigenvalue weighted by Gasteiger charge is 2.18. The molecular weight excluding hydrogens is 463 g/mol. The first-order chi connectivity index (χ1) is 12.8. The predicted octanol–water partition coefficient (Wildman–Crippen LogP) is 3.53. The van der Waals surface area contributed by atoms with Gasteiger partial charge in [0.25, 0.3) is 0 Å². The molecule has 1 aromatic rings. The van der Waals surface area contributed by atoms with E-state index >= 15 is 0 Å². The van der Waals surface area contributed by atoms with Crippen molar-refractivity contribution in [3.8, 4) is 0 Å². The zero-order valence-electron chi connectivity index (χ0n) is 18.2. The first kappa shape index (κ1) is 25.2. The van der Waals surface area contributed by atoms with Gasteiger partial charge in [-0.2, -0.15) is 0 Å². The Labute approximate surface area is 188 Å². The summed E-state index contributed by atoms with van der Waals surface area (Å²) in [4.78, 5) is 6.99. The average molecular weight is 502 g/mol. The molecule has 1 aliphatic rings. The molecule has 0 amide bonds. The van der Waals surface area contributed by atoms with Crippen molar-refractivity contribution in [2.75, 3.05) is 39.8 Å². The molecule has 160 valence electrons. The minimum absolute atomic E-state index is 0. The topological polar surface area (TPSA) is 59.9 Å². The molecule has 6 heteroatoms. The van der Waals surface area contributed by atoms with E-state index in [1.165, 1.54) is 24.9 Å². The second-order valence-corrected chi connectivity index (χ2v) is 8.76. The minimum atomic E-state index is -0.588. The van der Waals surface area contributed by atoms with Gasteiger partial charge in [-0.15, -0.1) is 24.0 Å².